The number of aromatic nitrogens is 2. The van der Waals surface area contributed by atoms with Crippen LogP contribution in [0.5, 0.6) is 0 Å². The van der Waals surface area contributed by atoms with Crippen LogP contribution in [0.2, 0.25) is 0 Å². The van der Waals surface area contributed by atoms with Crippen LogP contribution < -0.4 is 4.90 Å². The maximum atomic E-state index is 12.2. The molecule has 0 aromatic carbocycles. The number of hydrogen-bond donors (Lipinski definition) is 0. The van der Waals surface area contributed by atoms with Gasteiger partial charge in [-0.3, -0.25) is 4.79 Å². The molecule has 9 heteroatoms. The topological polar surface area (TPSA) is 92.7 Å². The highest BCUT2D eigenvalue weighted by molar-refractivity contribution is 7.90. The third-order valence-electron chi connectivity index (χ3n) is 4.52. The molecule has 0 aliphatic carbocycles. The Labute approximate surface area is 141 Å². The molecule has 8 nitrogen and oxygen atoms in total. The first kappa shape index (κ1) is 17.1. The number of sulfone groups is 1. The molecule has 3 rings (SSSR count). The van der Waals surface area contributed by atoms with Crippen LogP contribution in [0, 0.1) is 0 Å². The van der Waals surface area contributed by atoms with Gasteiger partial charge in [0.05, 0.1) is 37.0 Å². The van der Waals surface area contributed by atoms with Crippen molar-refractivity contribution in [2.75, 3.05) is 49.7 Å². The summed E-state index contributed by atoms with van der Waals surface area (Å²) in [7, 11) is -3.13. The van der Waals surface area contributed by atoms with Gasteiger partial charge in [-0.1, -0.05) is 0 Å². The smallest absolute Gasteiger partial charge is 0.223 e. The molecule has 1 aromatic heterocycles. The van der Waals surface area contributed by atoms with Crippen molar-refractivity contribution in [3.8, 4) is 0 Å². The lowest BCUT2D eigenvalue weighted by Gasteiger charge is -2.41. The molecule has 1 spiro atoms. The van der Waals surface area contributed by atoms with Crippen LogP contribution >= 0.6 is 0 Å². The molecule has 0 radical (unpaired) electrons. The summed E-state index contributed by atoms with van der Waals surface area (Å²) in [6.45, 7) is 3.12. The number of morpholine rings is 1. The molecule has 3 heterocycles. The molecular formula is C15H22N4O4S. The van der Waals surface area contributed by atoms with Crippen LogP contribution in [0.25, 0.3) is 0 Å². The van der Waals surface area contributed by atoms with Crippen LogP contribution in [0.1, 0.15) is 12.8 Å². The lowest BCUT2D eigenvalue weighted by atomic mass is 10.0. The summed E-state index contributed by atoms with van der Waals surface area (Å²) < 4.78 is 28.5. The van der Waals surface area contributed by atoms with Crippen LogP contribution in [0.15, 0.2) is 18.7 Å². The molecule has 2 aliphatic rings. The van der Waals surface area contributed by atoms with E-state index in [4.69, 9.17) is 4.74 Å². The van der Waals surface area contributed by atoms with E-state index in [9.17, 15) is 13.2 Å². The second-order valence-electron chi connectivity index (χ2n) is 6.49. The molecule has 1 unspecified atom stereocenters. The second-order valence-corrected chi connectivity index (χ2v) is 8.75. The Kier molecular flexibility index (Phi) is 4.73. The van der Waals surface area contributed by atoms with E-state index >= 15 is 0 Å². The minimum atomic E-state index is -3.13. The zero-order valence-corrected chi connectivity index (χ0v) is 14.5. The van der Waals surface area contributed by atoms with Crippen LogP contribution in [-0.4, -0.2) is 79.6 Å². The first-order valence-corrected chi connectivity index (χ1v) is 10.0. The monoisotopic (exact) mass is 354 g/mol. The van der Waals surface area contributed by atoms with E-state index in [1.165, 1.54) is 6.33 Å². The summed E-state index contributed by atoms with van der Waals surface area (Å²) in [5.74, 6) is -0.231. The first-order valence-electron chi connectivity index (χ1n) is 7.96. The highest BCUT2D eigenvalue weighted by Crippen LogP contribution is 2.31. The molecule has 0 N–H and O–H groups in total. The van der Waals surface area contributed by atoms with Gasteiger partial charge in [-0.05, 0) is 6.42 Å². The summed E-state index contributed by atoms with van der Waals surface area (Å²) in [6.07, 6.45) is 6.98. The van der Waals surface area contributed by atoms with Crippen molar-refractivity contribution < 1.29 is 17.9 Å². The van der Waals surface area contributed by atoms with Crippen molar-refractivity contribution in [2.45, 2.75) is 18.4 Å². The van der Waals surface area contributed by atoms with Crippen LogP contribution in [0.4, 0.5) is 5.69 Å². The molecule has 0 bridgehead atoms. The summed E-state index contributed by atoms with van der Waals surface area (Å²) in [5.41, 5.74) is 0.552. The number of hydrogen-bond acceptors (Lipinski definition) is 7. The summed E-state index contributed by atoms with van der Waals surface area (Å²) in [4.78, 5) is 24.2. The lowest BCUT2D eigenvalue weighted by Crippen LogP contribution is -2.53. The predicted octanol–water partition coefficient (Wildman–Crippen LogP) is -0.281. The Hall–Kier alpha value is -1.74. The van der Waals surface area contributed by atoms with Gasteiger partial charge >= 0.3 is 0 Å². The molecule has 2 saturated heterocycles. The standard InChI is InChI=1S/C15H22N4O4S/c1-24(21,22)7-2-14(20)19-4-3-15(11-19)10-18(5-6-23-15)13-8-16-12-17-9-13/h8-9,12H,2-7,10-11H2,1H3. The number of carbonyl (C=O) groups excluding carboxylic acids is 1. The van der Waals surface area contributed by atoms with Gasteiger partial charge in [0.1, 0.15) is 21.8 Å². The first-order chi connectivity index (χ1) is 11.4. The molecule has 1 aromatic rings. The number of ether oxygens (including phenoxy) is 1. The van der Waals surface area contributed by atoms with Crippen molar-refractivity contribution in [3.63, 3.8) is 0 Å². The van der Waals surface area contributed by atoms with E-state index < -0.39 is 15.4 Å². The minimum Gasteiger partial charge on any atom is -0.369 e. The van der Waals surface area contributed by atoms with Gasteiger partial charge in [-0.15, -0.1) is 0 Å². The summed E-state index contributed by atoms with van der Waals surface area (Å²) >= 11 is 0. The number of nitrogens with zero attached hydrogens (tertiary/aromatic N) is 4. The average molecular weight is 354 g/mol. The third kappa shape index (κ3) is 4.02. The Morgan fingerprint density at radius 1 is 1.29 bits per heavy atom. The van der Waals surface area contributed by atoms with Gasteiger partial charge in [0.25, 0.3) is 0 Å². The zero-order chi connectivity index (χ0) is 17.2. The minimum absolute atomic E-state index is 0.0329. The maximum Gasteiger partial charge on any atom is 0.223 e. The fourth-order valence-electron chi connectivity index (χ4n) is 3.26. The van der Waals surface area contributed by atoms with Gasteiger partial charge in [0, 0.05) is 32.3 Å². The van der Waals surface area contributed by atoms with E-state index in [1.54, 1.807) is 17.3 Å². The van der Waals surface area contributed by atoms with E-state index in [0.717, 1.165) is 24.9 Å². The number of carbonyl (C=O) groups is 1. The van der Waals surface area contributed by atoms with Crippen LogP contribution in [0.3, 0.4) is 0 Å². The molecule has 24 heavy (non-hydrogen) atoms. The molecule has 2 fully saturated rings. The Morgan fingerprint density at radius 2 is 2.04 bits per heavy atom. The van der Waals surface area contributed by atoms with Gasteiger partial charge in [-0.2, -0.15) is 0 Å². The third-order valence-corrected chi connectivity index (χ3v) is 5.46. The normalized spacial score (nSPS) is 24.5. The van der Waals surface area contributed by atoms with E-state index in [-0.39, 0.29) is 18.1 Å². The zero-order valence-electron chi connectivity index (χ0n) is 13.7. The summed E-state index contributed by atoms with van der Waals surface area (Å²) in [5, 5.41) is 0. The SMILES string of the molecule is CS(=O)(=O)CCC(=O)N1CCC2(C1)CN(c1cncnc1)CCO2. The highest BCUT2D eigenvalue weighted by Gasteiger charge is 2.44. The Bertz CT molecular complexity index is 697. The lowest BCUT2D eigenvalue weighted by molar-refractivity contribution is -0.131. The number of anilines is 1. The van der Waals surface area contributed by atoms with Crippen molar-refractivity contribution in [3.05, 3.63) is 18.7 Å². The van der Waals surface area contributed by atoms with E-state index in [0.29, 0.717) is 26.2 Å². The second kappa shape index (κ2) is 6.64. The Balaban J connectivity index is 1.62. The largest absolute Gasteiger partial charge is 0.369 e. The van der Waals surface area contributed by atoms with Gasteiger partial charge in [0.15, 0.2) is 0 Å². The molecule has 0 saturated carbocycles. The molecule has 132 valence electrons. The van der Waals surface area contributed by atoms with Crippen molar-refractivity contribution >= 4 is 21.4 Å². The van der Waals surface area contributed by atoms with Gasteiger partial charge < -0.3 is 14.5 Å². The summed E-state index contributed by atoms with van der Waals surface area (Å²) in [6, 6.07) is 0. The van der Waals surface area contributed by atoms with Gasteiger partial charge in [-0.25, -0.2) is 18.4 Å². The number of amides is 1. The maximum absolute atomic E-state index is 12.2. The molecule has 2 aliphatic heterocycles. The average Bonchev–Trinajstić information content (AvgIpc) is 2.96. The molecule has 1 atom stereocenters. The molecular weight excluding hydrogens is 332 g/mol. The Morgan fingerprint density at radius 3 is 2.75 bits per heavy atom. The van der Waals surface area contributed by atoms with Gasteiger partial charge in [0.2, 0.25) is 5.91 Å². The number of rotatable bonds is 4. The fourth-order valence-corrected chi connectivity index (χ4v) is 3.80. The van der Waals surface area contributed by atoms with Crippen molar-refractivity contribution in [2.24, 2.45) is 0 Å². The van der Waals surface area contributed by atoms with Crippen molar-refractivity contribution in [1.29, 1.82) is 0 Å². The van der Waals surface area contributed by atoms with Crippen molar-refractivity contribution in [1.82, 2.24) is 14.9 Å². The highest BCUT2D eigenvalue weighted by atomic mass is 32.2. The van der Waals surface area contributed by atoms with Crippen LogP contribution in [-0.2, 0) is 19.4 Å². The van der Waals surface area contributed by atoms with E-state index in [2.05, 4.69) is 14.9 Å². The fraction of sp³-hybridized carbons (Fsp3) is 0.667. The number of likely N-dealkylation sites (tertiary alicyclic amines) is 1. The molecule has 1 amide bonds. The van der Waals surface area contributed by atoms with E-state index in [1.807, 2.05) is 0 Å². The quantitative estimate of drug-likeness (QED) is 0.734. The predicted molar refractivity (Wildman–Crippen MR) is 88.5 cm³/mol.